The maximum atomic E-state index is 13.3. The number of rotatable bonds is 7. The van der Waals surface area contributed by atoms with Gasteiger partial charge in [-0.25, -0.2) is 8.42 Å². The van der Waals surface area contributed by atoms with Crippen LogP contribution in [0.1, 0.15) is 19.4 Å². The third-order valence-corrected chi connectivity index (χ3v) is 6.40. The molecule has 0 N–H and O–H groups in total. The Kier molecular flexibility index (Phi) is 6.27. The summed E-state index contributed by atoms with van der Waals surface area (Å²) in [4.78, 5) is 0.229. The fourth-order valence-corrected chi connectivity index (χ4v) is 4.77. The van der Waals surface area contributed by atoms with Gasteiger partial charge in [0.05, 0.1) is 10.6 Å². The first-order valence-corrected chi connectivity index (χ1v) is 10.8. The smallest absolute Gasteiger partial charge is 0.264 e. The summed E-state index contributed by atoms with van der Waals surface area (Å²) in [6, 6.07) is 22.8. The number of hydrogen-bond acceptors (Lipinski definition) is 3. The highest BCUT2D eigenvalue weighted by atomic mass is 35.5. The molecule has 28 heavy (non-hydrogen) atoms. The van der Waals surface area contributed by atoms with Gasteiger partial charge in [0, 0.05) is 17.1 Å². The largest absolute Gasteiger partial charge is 0.487 e. The molecule has 0 atom stereocenters. The molecule has 0 heterocycles. The fourth-order valence-electron chi connectivity index (χ4n) is 2.91. The van der Waals surface area contributed by atoms with Gasteiger partial charge in [0.2, 0.25) is 0 Å². The fraction of sp³-hybridized carbons (Fsp3) is 0.182. The molecule has 146 valence electrons. The Morgan fingerprint density at radius 2 is 1.54 bits per heavy atom. The minimum atomic E-state index is -3.76. The Balaban J connectivity index is 2.02. The monoisotopic (exact) mass is 415 g/mol. The number of hydrogen-bond donors (Lipinski definition) is 0. The van der Waals surface area contributed by atoms with Gasteiger partial charge in [-0.1, -0.05) is 60.1 Å². The SMILES string of the molecule is CC(C)N(c1ccc(Cl)cc1OCc1ccccc1)S(=O)(=O)c1ccccc1. The molecule has 3 aromatic rings. The average molecular weight is 416 g/mol. The molecule has 0 amide bonds. The van der Waals surface area contributed by atoms with Gasteiger partial charge in [0.25, 0.3) is 10.0 Å². The lowest BCUT2D eigenvalue weighted by atomic mass is 10.2. The number of halogens is 1. The summed E-state index contributed by atoms with van der Waals surface area (Å²) in [7, 11) is -3.76. The molecule has 0 aliphatic carbocycles. The molecule has 3 aromatic carbocycles. The minimum Gasteiger partial charge on any atom is -0.487 e. The van der Waals surface area contributed by atoms with Gasteiger partial charge in [0.1, 0.15) is 12.4 Å². The van der Waals surface area contributed by atoms with E-state index in [0.717, 1.165) is 5.56 Å². The lowest BCUT2D eigenvalue weighted by Crippen LogP contribution is -2.37. The molecule has 0 spiro atoms. The first-order chi connectivity index (χ1) is 13.4. The van der Waals surface area contributed by atoms with Crippen LogP contribution in [0.5, 0.6) is 5.75 Å². The van der Waals surface area contributed by atoms with E-state index in [1.165, 1.54) is 4.31 Å². The Labute approximate surface area is 171 Å². The van der Waals surface area contributed by atoms with Crippen LogP contribution < -0.4 is 9.04 Å². The van der Waals surface area contributed by atoms with E-state index in [9.17, 15) is 8.42 Å². The zero-order chi connectivity index (χ0) is 20.1. The van der Waals surface area contributed by atoms with Crippen molar-refractivity contribution in [2.75, 3.05) is 4.31 Å². The number of sulfonamides is 1. The Morgan fingerprint density at radius 1 is 0.929 bits per heavy atom. The molecule has 0 unspecified atom stereocenters. The Morgan fingerprint density at radius 3 is 2.14 bits per heavy atom. The van der Waals surface area contributed by atoms with E-state index in [4.69, 9.17) is 16.3 Å². The first kappa shape index (κ1) is 20.2. The second-order valence-electron chi connectivity index (χ2n) is 6.59. The highest BCUT2D eigenvalue weighted by Gasteiger charge is 2.29. The third-order valence-electron chi connectivity index (χ3n) is 4.17. The second-order valence-corrected chi connectivity index (χ2v) is 8.85. The molecule has 0 bridgehead atoms. The zero-order valence-electron chi connectivity index (χ0n) is 15.7. The summed E-state index contributed by atoms with van der Waals surface area (Å²) < 4.78 is 34.0. The molecule has 3 rings (SSSR count). The first-order valence-electron chi connectivity index (χ1n) is 8.95. The van der Waals surface area contributed by atoms with Crippen molar-refractivity contribution in [3.63, 3.8) is 0 Å². The lowest BCUT2D eigenvalue weighted by molar-refractivity contribution is 0.307. The molecular formula is C22H22ClNO3S. The van der Waals surface area contributed by atoms with Crippen LogP contribution in [0.25, 0.3) is 0 Å². The summed E-state index contributed by atoms with van der Waals surface area (Å²) in [5.74, 6) is 0.421. The molecule has 0 aliphatic rings. The quantitative estimate of drug-likeness (QED) is 0.510. The lowest BCUT2D eigenvalue weighted by Gasteiger charge is -2.30. The van der Waals surface area contributed by atoms with Crippen molar-refractivity contribution in [1.29, 1.82) is 0 Å². The van der Waals surface area contributed by atoms with Crippen LogP contribution in [-0.4, -0.2) is 14.5 Å². The van der Waals surface area contributed by atoms with Crippen molar-refractivity contribution in [2.24, 2.45) is 0 Å². The van der Waals surface area contributed by atoms with E-state index in [-0.39, 0.29) is 10.9 Å². The van der Waals surface area contributed by atoms with E-state index >= 15 is 0 Å². The van der Waals surface area contributed by atoms with Crippen LogP contribution in [0.3, 0.4) is 0 Å². The van der Waals surface area contributed by atoms with E-state index < -0.39 is 10.0 Å². The summed E-state index contributed by atoms with van der Waals surface area (Å²) in [6.45, 7) is 3.97. The molecule has 0 radical (unpaired) electrons. The van der Waals surface area contributed by atoms with E-state index in [2.05, 4.69) is 0 Å². The predicted molar refractivity (Wildman–Crippen MR) is 113 cm³/mol. The van der Waals surface area contributed by atoms with Crippen LogP contribution in [0.2, 0.25) is 5.02 Å². The van der Waals surface area contributed by atoms with Crippen molar-refractivity contribution in [3.8, 4) is 5.75 Å². The van der Waals surface area contributed by atoms with Crippen molar-refractivity contribution >= 4 is 27.3 Å². The molecule has 0 aromatic heterocycles. The van der Waals surface area contributed by atoms with E-state index in [0.29, 0.717) is 23.1 Å². The second kappa shape index (κ2) is 8.67. The highest BCUT2D eigenvalue weighted by Crippen LogP contribution is 2.36. The highest BCUT2D eigenvalue weighted by molar-refractivity contribution is 7.92. The number of anilines is 1. The normalized spacial score (nSPS) is 11.4. The van der Waals surface area contributed by atoms with E-state index in [1.54, 1.807) is 48.5 Å². The molecule has 0 saturated carbocycles. The number of benzene rings is 3. The summed E-state index contributed by atoms with van der Waals surface area (Å²) in [5.41, 5.74) is 1.44. The van der Waals surface area contributed by atoms with Crippen molar-refractivity contribution in [3.05, 3.63) is 89.4 Å². The molecule has 0 saturated heterocycles. The van der Waals surface area contributed by atoms with Crippen molar-refractivity contribution < 1.29 is 13.2 Å². The number of ether oxygens (including phenoxy) is 1. The molecule has 4 nitrogen and oxygen atoms in total. The van der Waals surface area contributed by atoms with Gasteiger partial charge in [-0.15, -0.1) is 0 Å². The Bertz CT molecular complexity index is 1020. The maximum absolute atomic E-state index is 13.3. The zero-order valence-corrected chi connectivity index (χ0v) is 17.3. The van der Waals surface area contributed by atoms with Gasteiger partial charge >= 0.3 is 0 Å². The number of nitrogens with zero attached hydrogens (tertiary/aromatic N) is 1. The van der Waals surface area contributed by atoms with Gasteiger partial charge in [-0.05, 0) is 43.7 Å². The van der Waals surface area contributed by atoms with Gasteiger partial charge in [-0.2, -0.15) is 0 Å². The van der Waals surface area contributed by atoms with Crippen LogP contribution in [0.4, 0.5) is 5.69 Å². The molecule has 6 heteroatoms. The van der Waals surface area contributed by atoms with Gasteiger partial charge in [0.15, 0.2) is 0 Å². The van der Waals surface area contributed by atoms with E-state index in [1.807, 2.05) is 44.2 Å². The third kappa shape index (κ3) is 4.49. The van der Waals surface area contributed by atoms with Crippen LogP contribution >= 0.6 is 11.6 Å². The molecular weight excluding hydrogens is 394 g/mol. The van der Waals surface area contributed by atoms with Gasteiger partial charge in [-0.3, -0.25) is 4.31 Å². The van der Waals surface area contributed by atoms with Gasteiger partial charge < -0.3 is 4.74 Å². The maximum Gasteiger partial charge on any atom is 0.264 e. The summed E-state index contributed by atoms with van der Waals surface area (Å²) >= 11 is 6.17. The van der Waals surface area contributed by atoms with Crippen molar-refractivity contribution in [1.82, 2.24) is 0 Å². The summed E-state index contributed by atoms with van der Waals surface area (Å²) in [5, 5.41) is 0.479. The van der Waals surface area contributed by atoms with Crippen LogP contribution in [0, 0.1) is 0 Å². The molecule has 0 fully saturated rings. The topological polar surface area (TPSA) is 46.6 Å². The van der Waals surface area contributed by atoms with Crippen LogP contribution in [-0.2, 0) is 16.6 Å². The average Bonchev–Trinajstić information content (AvgIpc) is 2.69. The van der Waals surface area contributed by atoms with Crippen LogP contribution in [0.15, 0.2) is 83.8 Å². The standard InChI is InChI=1S/C22H22ClNO3S/c1-17(2)24(28(25,26)20-11-7-4-8-12-20)21-14-13-19(23)15-22(21)27-16-18-9-5-3-6-10-18/h3-15,17H,16H2,1-2H3. The summed E-state index contributed by atoms with van der Waals surface area (Å²) in [6.07, 6.45) is 0. The Hall–Kier alpha value is -2.50. The van der Waals surface area contributed by atoms with Crippen molar-refractivity contribution in [2.45, 2.75) is 31.4 Å². The molecule has 0 aliphatic heterocycles. The minimum absolute atomic E-state index is 0.229. The predicted octanol–water partition coefficient (Wildman–Crippen LogP) is 5.52.